The fourth-order valence-corrected chi connectivity index (χ4v) is 10.9. The Morgan fingerprint density at radius 2 is 1.39 bits per heavy atom. The van der Waals surface area contributed by atoms with E-state index in [4.69, 9.17) is 0 Å². The van der Waals surface area contributed by atoms with Gasteiger partial charge >= 0.3 is 0 Å². The topological polar surface area (TPSA) is 0 Å². The van der Waals surface area contributed by atoms with Gasteiger partial charge in [0.15, 0.2) is 0 Å². The third kappa shape index (κ3) is 1.45. The Balaban J connectivity index is 1.36. The van der Waals surface area contributed by atoms with Gasteiger partial charge in [-0.3, -0.25) is 0 Å². The molecule has 6 fully saturated rings. The smallest absolute Gasteiger partial charge is 0.0264 e. The van der Waals surface area contributed by atoms with Crippen LogP contribution in [0.2, 0.25) is 0 Å². The van der Waals surface area contributed by atoms with Crippen LogP contribution in [0.5, 0.6) is 0 Å². The molecule has 11 atom stereocenters. The maximum absolute atomic E-state index is 2.73. The van der Waals surface area contributed by atoms with E-state index in [9.17, 15) is 0 Å². The summed E-state index contributed by atoms with van der Waals surface area (Å²) < 4.78 is 0. The van der Waals surface area contributed by atoms with Crippen LogP contribution in [0, 0.1) is 70.5 Å². The van der Waals surface area contributed by atoms with Gasteiger partial charge in [0.05, 0.1) is 0 Å². The Labute approximate surface area is 143 Å². The summed E-state index contributed by atoms with van der Waals surface area (Å²) in [6.07, 6.45) is 12.7. The summed E-state index contributed by atoms with van der Waals surface area (Å²) in [6, 6.07) is 0. The van der Waals surface area contributed by atoms with E-state index in [0.717, 1.165) is 17.8 Å². The van der Waals surface area contributed by atoms with Crippen LogP contribution < -0.4 is 0 Å². The molecule has 0 saturated heterocycles. The molecule has 0 aromatic carbocycles. The molecule has 0 nitrogen and oxygen atoms in total. The molecule has 6 aliphatic carbocycles. The zero-order valence-corrected chi connectivity index (χ0v) is 15.5. The lowest BCUT2D eigenvalue weighted by molar-refractivity contribution is -0.0426. The quantitative estimate of drug-likeness (QED) is 0.559. The number of hydrogen-bond acceptors (Lipinski definition) is 0. The van der Waals surface area contributed by atoms with Gasteiger partial charge in [-0.1, -0.05) is 33.6 Å². The zero-order chi connectivity index (χ0) is 15.5. The Morgan fingerprint density at radius 3 is 2.04 bits per heavy atom. The van der Waals surface area contributed by atoms with Crippen molar-refractivity contribution in [3.8, 4) is 0 Å². The van der Waals surface area contributed by atoms with Gasteiger partial charge in [0, 0.05) is 0 Å². The Kier molecular flexibility index (Phi) is 2.71. The van der Waals surface area contributed by atoms with E-state index in [2.05, 4.69) is 20.8 Å². The van der Waals surface area contributed by atoms with Crippen molar-refractivity contribution in [3.63, 3.8) is 0 Å². The first-order valence-electron chi connectivity index (χ1n) is 11.2. The van der Waals surface area contributed by atoms with E-state index >= 15 is 0 Å². The van der Waals surface area contributed by atoms with Gasteiger partial charge in [0.1, 0.15) is 0 Å². The minimum Gasteiger partial charge on any atom is -0.0651 e. The number of hydrogen-bond donors (Lipinski definition) is 0. The van der Waals surface area contributed by atoms with Crippen LogP contribution in [0.4, 0.5) is 0 Å². The predicted octanol–water partition coefficient (Wildman–Crippen LogP) is 6.01. The fraction of sp³-hybridized carbons (Fsp3) is 1.00. The molecular weight excluding hydrogens is 276 g/mol. The monoisotopic (exact) mass is 312 g/mol. The molecule has 0 heterocycles. The second kappa shape index (κ2) is 4.39. The first-order chi connectivity index (χ1) is 11.2. The number of rotatable bonds is 3. The van der Waals surface area contributed by atoms with Crippen molar-refractivity contribution < 1.29 is 0 Å². The van der Waals surface area contributed by atoms with Crippen molar-refractivity contribution in [2.24, 2.45) is 70.5 Å². The fourth-order valence-electron chi connectivity index (χ4n) is 10.9. The zero-order valence-electron chi connectivity index (χ0n) is 15.5. The summed E-state index contributed by atoms with van der Waals surface area (Å²) >= 11 is 0. The van der Waals surface area contributed by atoms with Gasteiger partial charge in [-0.25, -0.2) is 0 Å². The standard InChI is InChI=1S/C23H36/c1-4-15(5-2)23(3)11-14-9-18(23)22-17-10-16(21(14)22)19-12-6-7-13(8-12)20(17)19/h12-22H,4-11H2,1-3H3. The minimum absolute atomic E-state index is 0.715. The van der Waals surface area contributed by atoms with Gasteiger partial charge < -0.3 is 0 Å². The molecule has 0 N–H and O–H groups in total. The highest BCUT2D eigenvalue weighted by atomic mass is 14.8. The molecule has 0 aliphatic heterocycles. The Hall–Kier alpha value is 0. The van der Waals surface area contributed by atoms with E-state index in [-0.39, 0.29) is 0 Å². The van der Waals surface area contributed by atoms with Gasteiger partial charge in [0.2, 0.25) is 0 Å². The van der Waals surface area contributed by atoms with Crippen LogP contribution in [-0.4, -0.2) is 0 Å². The third-order valence-electron chi connectivity index (χ3n) is 11.0. The normalized spacial score (nSPS) is 64.2. The molecule has 0 spiro atoms. The molecule has 128 valence electrons. The highest BCUT2D eigenvalue weighted by Gasteiger charge is 2.73. The van der Waals surface area contributed by atoms with E-state index in [1.54, 1.807) is 38.5 Å². The third-order valence-corrected chi connectivity index (χ3v) is 11.0. The van der Waals surface area contributed by atoms with Gasteiger partial charge in [0.25, 0.3) is 0 Å². The number of fused-ring (bicyclic) bond motifs is 16. The van der Waals surface area contributed by atoms with Crippen LogP contribution in [0.3, 0.4) is 0 Å². The maximum atomic E-state index is 2.73. The maximum Gasteiger partial charge on any atom is -0.0264 e. The molecule has 6 saturated carbocycles. The summed E-state index contributed by atoms with van der Waals surface area (Å²) in [6.45, 7) is 7.67. The molecule has 11 unspecified atom stereocenters. The molecule has 0 radical (unpaired) electrons. The second-order valence-corrected chi connectivity index (χ2v) is 11.0. The summed E-state index contributed by atoms with van der Waals surface area (Å²) in [4.78, 5) is 0. The first-order valence-corrected chi connectivity index (χ1v) is 11.2. The molecular formula is C23H36. The average molecular weight is 313 g/mol. The lowest BCUT2D eigenvalue weighted by atomic mass is 9.53. The van der Waals surface area contributed by atoms with Crippen LogP contribution in [0.1, 0.15) is 72.1 Å². The van der Waals surface area contributed by atoms with E-state index in [0.29, 0.717) is 5.41 Å². The summed E-state index contributed by atoms with van der Waals surface area (Å²) in [5, 5.41) is 0. The van der Waals surface area contributed by atoms with Crippen LogP contribution in [0.15, 0.2) is 0 Å². The van der Waals surface area contributed by atoms with Crippen molar-refractivity contribution in [1.82, 2.24) is 0 Å². The van der Waals surface area contributed by atoms with Crippen molar-refractivity contribution >= 4 is 0 Å². The summed E-state index contributed by atoms with van der Waals surface area (Å²) in [5.74, 6) is 12.9. The molecule has 0 aromatic heterocycles. The molecule has 0 amide bonds. The van der Waals surface area contributed by atoms with E-state index in [1.165, 1.54) is 60.2 Å². The molecule has 6 rings (SSSR count). The van der Waals surface area contributed by atoms with Crippen molar-refractivity contribution in [2.45, 2.75) is 72.1 Å². The predicted molar refractivity (Wildman–Crippen MR) is 94.8 cm³/mol. The Bertz CT molecular complexity index is 518. The molecule has 6 aliphatic rings. The van der Waals surface area contributed by atoms with Crippen molar-refractivity contribution in [2.75, 3.05) is 0 Å². The van der Waals surface area contributed by atoms with Gasteiger partial charge in [-0.15, -0.1) is 0 Å². The molecule has 6 bridgehead atoms. The SMILES string of the molecule is CCC(CC)C1(C)CC2CC1C1C3CC(C4C5CCC(C5)C34)C21. The van der Waals surface area contributed by atoms with E-state index < -0.39 is 0 Å². The lowest BCUT2D eigenvalue weighted by Crippen LogP contribution is -2.47. The highest BCUT2D eigenvalue weighted by Crippen LogP contribution is 2.79. The van der Waals surface area contributed by atoms with E-state index in [1.807, 2.05) is 0 Å². The minimum atomic E-state index is 0.715. The lowest BCUT2D eigenvalue weighted by Gasteiger charge is -2.52. The van der Waals surface area contributed by atoms with Gasteiger partial charge in [-0.05, 0) is 109 Å². The Morgan fingerprint density at radius 1 is 0.783 bits per heavy atom. The van der Waals surface area contributed by atoms with Crippen LogP contribution in [0.25, 0.3) is 0 Å². The molecule has 0 heteroatoms. The summed E-state index contributed by atoms with van der Waals surface area (Å²) in [7, 11) is 0. The average Bonchev–Trinajstić information content (AvgIpc) is 3.32. The summed E-state index contributed by atoms with van der Waals surface area (Å²) in [5.41, 5.74) is 0.715. The van der Waals surface area contributed by atoms with Gasteiger partial charge in [-0.2, -0.15) is 0 Å². The van der Waals surface area contributed by atoms with Crippen molar-refractivity contribution in [3.05, 3.63) is 0 Å². The highest BCUT2D eigenvalue weighted by molar-refractivity contribution is 5.21. The van der Waals surface area contributed by atoms with Crippen molar-refractivity contribution in [1.29, 1.82) is 0 Å². The van der Waals surface area contributed by atoms with Crippen LogP contribution in [-0.2, 0) is 0 Å². The second-order valence-electron chi connectivity index (χ2n) is 11.0. The largest absolute Gasteiger partial charge is 0.0651 e. The van der Waals surface area contributed by atoms with Crippen LogP contribution >= 0.6 is 0 Å². The first kappa shape index (κ1) is 14.2. The molecule has 23 heavy (non-hydrogen) atoms. The molecule has 0 aromatic rings.